The van der Waals surface area contributed by atoms with Crippen LogP contribution in [0.5, 0.6) is 0 Å². The number of nitrogens with two attached hydrogens (primary N) is 1. The van der Waals surface area contributed by atoms with E-state index >= 15 is 0 Å². The fourth-order valence-electron chi connectivity index (χ4n) is 3.61. The second-order valence-corrected chi connectivity index (χ2v) is 7.14. The van der Waals surface area contributed by atoms with Crippen LogP contribution >= 0.6 is 0 Å². The molecule has 0 radical (unpaired) electrons. The van der Waals surface area contributed by atoms with E-state index in [-0.39, 0.29) is 5.91 Å². The molecule has 0 spiro atoms. The maximum Gasteiger partial charge on any atom is 0.237 e. The quantitative estimate of drug-likeness (QED) is 0.609. The summed E-state index contributed by atoms with van der Waals surface area (Å²) in [7, 11) is 0. The highest BCUT2D eigenvalue weighted by atomic mass is 16.1. The third-order valence-electron chi connectivity index (χ3n) is 5.26. The van der Waals surface area contributed by atoms with Crippen molar-refractivity contribution in [2.24, 2.45) is 5.73 Å². The molecule has 2 rings (SSSR count). The minimum absolute atomic E-state index is 0.197. The standard InChI is InChI=1S/C17H33N3O/c1-3-20(15-8-4-5-9-15)13-7-6-12-17(2,16(18)21)19-14-10-11-14/h14-15,19H,3-13H2,1-2H3,(H2,18,21). The van der Waals surface area contributed by atoms with E-state index < -0.39 is 5.54 Å². The van der Waals surface area contributed by atoms with Gasteiger partial charge in [0, 0.05) is 12.1 Å². The van der Waals surface area contributed by atoms with Crippen LogP contribution in [-0.4, -0.2) is 41.5 Å². The van der Waals surface area contributed by atoms with E-state index in [4.69, 9.17) is 5.73 Å². The van der Waals surface area contributed by atoms with Crippen LogP contribution in [0, 0.1) is 0 Å². The minimum Gasteiger partial charge on any atom is -0.368 e. The largest absolute Gasteiger partial charge is 0.368 e. The van der Waals surface area contributed by atoms with Crippen LogP contribution in [0.1, 0.15) is 71.6 Å². The molecule has 0 aliphatic heterocycles. The van der Waals surface area contributed by atoms with E-state index in [1.807, 2.05) is 6.92 Å². The van der Waals surface area contributed by atoms with Crippen molar-refractivity contribution in [2.75, 3.05) is 13.1 Å². The summed E-state index contributed by atoms with van der Waals surface area (Å²) in [5, 5.41) is 3.44. The first-order valence-electron chi connectivity index (χ1n) is 8.87. The van der Waals surface area contributed by atoms with Crippen molar-refractivity contribution < 1.29 is 4.79 Å². The number of hydrogen-bond donors (Lipinski definition) is 2. The SMILES string of the molecule is CCN(CCCCC(C)(NC1CC1)C(N)=O)C1CCCC1. The van der Waals surface area contributed by atoms with Crippen LogP contribution in [0.15, 0.2) is 0 Å². The summed E-state index contributed by atoms with van der Waals surface area (Å²) in [4.78, 5) is 14.4. The van der Waals surface area contributed by atoms with E-state index in [9.17, 15) is 4.79 Å². The maximum absolute atomic E-state index is 11.7. The van der Waals surface area contributed by atoms with Gasteiger partial charge in [-0.1, -0.05) is 19.8 Å². The van der Waals surface area contributed by atoms with Gasteiger partial charge < -0.3 is 16.0 Å². The summed E-state index contributed by atoms with van der Waals surface area (Å²) in [5.74, 6) is -0.197. The molecule has 0 saturated heterocycles. The van der Waals surface area contributed by atoms with E-state index in [0.29, 0.717) is 6.04 Å². The summed E-state index contributed by atoms with van der Waals surface area (Å²) >= 11 is 0. The first-order valence-corrected chi connectivity index (χ1v) is 8.87. The first-order chi connectivity index (χ1) is 10.0. The zero-order valence-electron chi connectivity index (χ0n) is 13.9. The molecule has 2 saturated carbocycles. The van der Waals surface area contributed by atoms with Gasteiger partial charge in [0.25, 0.3) is 0 Å². The second kappa shape index (κ2) is 7.59. The highest BCUT2D eigenvalue weighted by Crippen LogP contribution is 2.26. The van der Waals surface area contributed by atoms with Gasteiger partial charge in [-0.25, -0.2) is 0 Å². The van der Waals surface area contributed by atoms with Gasteiger partial charge in [0.05, 0.1) is 5.54 Å². The Kier molecular flexibility index (Phi) is 6.06. The Morgan fingerprint density at radius 1 is 1.24 bits per heavy atom. The predicted molar refractivity (Wildman–Crippen MR) is 87.1 cm³/mol. The number of carbonyl (C=O) groups excluding carboxylic acids is 1. The van der Waals surface area contributed by atoms with Gasteiger partial charge in [-0.2, -0.15) is 0 Å². The van der Waals surface area contributed by atoms with Gasteiger partial charge in [-0.05, 0) is 65.0 Å². The maximum atomic E-state index is 11.7. The molecule has 3 N–H and O–H groups in total. The van der Waals surface area contributed by atoms with Crippen LogP contribution < -0.4 is 11.1 Å². The number of unbranched alkanes of at least 4 members (excludes halogenated alkanes) is 1. The molecule has 0 aromatic rings. The van der Waals surface area contributed by atoms with Crippen molar-refractivity contribution >= 4 is 5.91 Å². The third-order valence-corrected chi connectivity index (χ3v) is 5.26. The van der Waals surface area contributed by atoms with E-state index in [1.54, 1.807) is 0 Å². The van der Waals surface area contributed by atoms with Crippen LogP contribution in [0.3, 0.4) is 0 Å². The molecule has 21 heavy (non-hydrogen) atoms. The lowest BCUT2D eigenvalue weighted by molar-refractivity contribution is -0.124. The fourth-order valence-corrected chi connectivity index (χ4v) is 3.61. The zero-order valence-corrected chi connectivity index (χ0v) is 13.9. The van der Waals surface area contributed by atoms with Gasteiger partial charge in [0.2, 0.25) is 5.91 Å². The molecule has 122 valence electrons. The van der Waals surface area contributed by atoms with Gasteiger partial charge in [-0.15, -0.1) is 0 Å². The molecule has 2 aliphatic carbocycles. The molecular formula is C17H33N3O. The van der Waals surface area contributed by atoms with Crippen LogP contribution in [0.25, 0.3) is 0 Å². The average Bonchev–Trinajstić information content (AvgIpc) is 3.09. The Bertz CT molecular complexity index is 337. The molecule has 4 heteroatoms. The molecule has 2 fully saturated rings. The fraction of sp³-hybridized carbons (Fsp3) is 0.941. The van der Waals surface area contributed by atoms with Crippen molar-refractivity contribution in [1.29, 1.82) is 0 Å². The highest BCUT2D eigenvalue weighted by Gasteiger charge is 2.36. The van der Waals surface area contributed by atoms with Crippen molar-refractivity contribution in [1.82, 2.24) is 10.2 Å². The number of rotatable bonds is 10. The predicted octanol–water partition coefficient (Wildman–Crippen LogP) is 2.42. The third kappa shape index (κ3) is 4.96. The monoisotopic (exact) mass is 295 g/mol. The topological polar surface area (TPSA) is 58.4 Å². The molecule has 1 amide bonds. The lowest BCUT2D eigenvalue weighted by Gasteiger charge is -2.30. The summed E-state index contributed by atoms with van der Waals surface area (Å²) in [5.41, 5.74) is 5.09. The minimum atomic E-state index is -0.508. The zero-order chi connectivity index (χ0) is 15.3. The molecular weight excluding hydrogens is 262 g/mol. The number of hydrogen-bond acceptors (Lipinski definition) is 3. The Morgan fingerprint density at radius 3 is 2.43 bits per heavy atom. The van der Waals surface area contributed by atoms with Crippen molar-refractivity contribution in [3.8, 4) is 0 Å². The van der Waals surface area contributed by atoms with Gasteiger partial charge >= 0.3 is 0 Å². The Labute approximate surface area is 129 Å². The summed E-state index contributed by atoms with van der Waals surface area (Å²) < 4.78 is 0. The van der Waals surface area contributed by atoms with Crippen LogP contribution in [0.4, 0.5) is 0 Å². The molecule has 1 unspecified atom stereocenters. The summed E-state index contributed by atoms with van der Waals surface area (Å²) in [6, 6.07) is 1.33. The lowest BCUT2D eigenvalue weighted by atomic mass is 9.93. The smallest absolute Gasteiger partial charge is 0.237 e. The second-order valence-electron chi connectivity index (χ2n) is 7.14. The number of nitrogens with one attached hydrogen (secondary N) is 1. The summed E-state index contributed by atoms with van der Waals surface area (Å²) in [6.45, 7) is 6.56. The number of nitrogens with zero attached hydrogens (tertiary/aromatic N) is 1. The van der Waals surface area contributed by atoms with Crippen LogP contribution in [0.2, 0.25) is 0 Å². The molecule has 0 aromatic heterocycles. The van der Waals surface area contributed by atoms with Gasteiger partial charge in [-0.3, -0.25) is 4.79 Å². The van der Waals surface area contributed by atoms with Crippen molar-refractivity contribution in [2.45, 2.75) is 89.3 Å². The normalized spacial score (nSPS) is 22.6. The van der Waals surface area contributed by atoms with E-state index in [0.717, 1.165) is 25.4 Å². The molecule has 0 bridgehead atoms. The number of amides is 1. The van der Waals surface area contributed by atoms with E-state index in [2.05, 4.69) is 17.1 Å². The van der Waals surface area contributed by atoms with Crippen molar-refractivity contribution in [3.05, 3.63) is 0 Å². The highest BCUT2D eigenvalue weighted by molar-refractivity contribution is 5.84. The average molecular weight is 295 g/mol. The van der Waals surface area contributed by atoms with Gasteiger partial charge in [0.1, 0.15) is 0 Å². The number of carbonyl (C=O) groups is 1. The Morgan fingerprint density at radius 2 is 1.90 bits per heavy atom. The van der Waals surface area contributed by atoms with E-state index in [1.165, 1.54) is 51.5 Å². The molecule has 0 heterocycles. The van der Waals surface area contributed by atoms with Crippen LogP contribution in [-0.2, 0) is 4.79 Å². The Balaban J connectivity index is 1.69. The molecule has 2 aliphatic rings. The lowest BCUT2D eigenvalue weighted by Crippen LogP contribution is -2.54. The molecule has 4 nitrogen and oxygen atoms in total. The van der Waals surface area contributed by atoms with Gasteiger partial charge in [0.15, 0.2) is 0 Å². The summed E-state index contributed by atoms with van der Waals surface area (Å²) in [6.07, 6.45) is 11.0. The van der Waals surface area contributed by atoms with Crippen molar-refractivity contribution in [3.63, 3.8) is 0 Å². The first kappa shape index (κ1) is 16.8. The Hall–Kier alpha value is -0.610. The number of primary amides is 1. The molecule has 0 aromatic carbocycles. The molecule has 1 atom stereocenters.